The molecule has 0 saturated carbocycles. The number of carbonyl (C=O) groups is 2. The van der Waals surface area contributed by atoms with Gasteiger partial charge in [0.1, 0.15) is 25.1 Å². The lowest BCUT2D eigenvalue weighted by Crippen LogP contribution is -2.24. The first-order chi connectivity index (χ1) is 13.8. The van der Waals surface area contributed by atoms with Crippen molar-refractivity contribution in [3.63, 3.8) is 0 Å². The highest BCUT2D eigenvalue weighted by atomic mass is 16.6. The Labute approximate surface area is 166 Å². The first-order valence-electron chi connectivity index (χ1n) is 8.52. The van der Waals surface area contributed by atoms with Crippen LogP contribution in [0.5, 0.6) is 17.2 Å². The molecule has 0 fully saturated rings. The molecular formula is C21H20O8. The van der Waals surface area contributed by atoms with Crippen molar-refractivity contribution in [2.45, 2.75) is 6.10 Å². The predicted molar refractivity (Wildman–Crippen MR) is 104 cm³/mol. The Morgan fingerprint density at radius 1 is 0.793 bits per heavy atom. The van der Waals surface area contributed by atoms with Crippen LogP contribution in [0.4, 0.5) is 0 Å². The van der Waals surface area contributed by atoms with Gasteiger partial charge in [-0.3, -0.25) is 0 Å². The molecule has 0 saturated heterocycles. The van der Waals surface area contributed by atoms with Crippen LogP contribution in [0.2, 0.25) is 0 Å². The van der Waals surface area contributed by atoms with Crippen LogP contribution in [0.25, 0.3) is 12.2 Å². The molecule has 0 bridgehead atoms. The Balaban J connectivity index is 1.70. The molecule has 2 aromatic carbocycles. The van der Waals surface area contributed by atoms with Crippen molar-refractivity contribution >= 4 is 24.1 Å². The monoisotopic (exact) mass is 400 g/mol. The fraction of sp³-hybridized carbons (Fsp3) is 0.143. The third kappa shape index (κ3) is 7.77. The quantitative estimate of drug-likeness (QED) is 0.300. The molecule has 0 aromatic heterocycles. The zero-order chi connectivity index (χ0) is 21.2. The number of rotatable bonds is 8. The summed E-state index contributed by atoms with van der Waals surface area (Å²) in [4.78, 5) is 23.2. The molecule has 0 amide bonds. The van der Waals surface area contributed by atoms with E-state index < -0.39 is 18.0 Å². The fourth-order valence-corrected chi connectivity index (χ4v) is 2.06. The third-order valence-electron chi connectivity index (χ3n) is 3.55. The minimum Gasteiger partial charge on any atom is -0.508 e. The minimum absolute atomic E-state index is 0.110. The molecule has 152 valence electrons. The van der Waals surface area contributed by atoms with E-state index >= 15 is 0 Å². The molecular weight excluding hydrogens is 380 g/mol. The van der Waals surface area contributed by atoms with Gasteiger partial charge in [-0.2, -0.15) is 0 Å². The number of aliphatic hydroxyl groups is 1. The average molecular weight is 400 g/mol. The minimum atomic E-state index is -1.20. The van der Waals surface area contributed by atoms with Crippen molar-refractivity contribution in [2.75, 3.05) is 13.2 Å². The maximum absolute atomic E-state index is 11.6. The van der Waals surface area contributed by atoms with Gasteiger partial charge in [-0.1, -0.05) is 18.2 Å². The summed E-state index contributed by atoms with van der Waals surface area (Å²) >= 11 is 0. The lowest BCUT2D eigenvalue weighted by Gasteiger charge is -2.10. The normalized spacial score (nSPS) is 12.2. The predicted octanol–water partition coefficient (Wildman–Crippen LogP) is 1.98. The van der Waals surface area contributed by atoms with Crippen LogP contribution in [0.1, 0.15) is 11.1 Å². The molecule has 4 N–H and O–H groups in total. The Hall–Kier alpha value is -3.78. The summed E-state index contributed by atoms with van der Waals surface area (Å²) in [5.41, 5.74) is 1.15. The Kier molecular flexibility index (Phi) is 7.81. The Morgan fingerprint density at radius 3 is 1.86 bits per heavy atom. The molecule has 0 heterocycles. The van der Waals surface area contributed by atoms with Gasteiger partial charge in [0, 0.05) is 12.2 Å². The number of phenols is 3. The van der Waals surface area contributed by atoms with Crippen LogP contribution >= 0.6 is 0 Å². The first kappa shape index (κ1) is 21.5. The van der Waals surface area contributed by atoms with E-state index in [0.29, 0.717) is 11.1 Å². The summed E-state index contributed by atoms with van der Waals surface area (Å²) < 4.78 is 9.68. The van der Waals surface area contributed by atoms with Gasteiger partial charge in [-0.05, 0) is 47.5 Å². The zero-order valence-corrected chi connectivity index (χ0v) is 15.3. The second-order valence-corrected chi connectivity index (χ2v) is 5.92. The van der Waals surface area contributed by atoms with Crippen LogP contribution < -0.4 is 0 Å². The van der Waals surface area contributed by atoms with Gasteiger partial charge in [0.05, 0.1) is 0 Å². The van der Waals surface area contributed by atoms with Gasteiger partial charge in [0.15, 0.2) is 11.5 Å². The van der Waals surface area contributed by atoms with Crippen LogP contribution in [-0.4, -0.2) is 51.7 Å². The van der Waals surface area contributed by atoms with Gasteiger partial charge in [-0.15, -0.1) is 0 Å². The number of hydrogen-bond acceptors (Lipinski definition) is 8. The standard InChI is InChI=1S/C21H20O8/c22-16-6-1-14(2-7-16)4-9-20(26)28-12-17(23)13-29-21(27)10-5-15-3-8-18(24)19(25)11-15/h1-11,17,22-25H,12-13H2. The molecule has 0 spiro atoms. The molecule has 0 aliphatic carbocycles. The van der Waals surface area contributed by atoms with Gasteiger partial charge in [0.25, 0.3) is 0 Å². The van der Waals surface area contributed by atoms with Crippen LogP contribution in [0.15, 0.2) is 54.6 Å². The topological polar surface area (TPSA) is 134 Å². The van der Waals surface area contributed by atoms with Crippen LogP contribution in [-0.2, 0) is 19.1 Å². The van der Waals surface area contributed by atoms with E-state index in [2.05, 4.69) is 0 Å². The second kappa shape index (κ2) is 10.5. The van der Waals surface area contributed by atoms with Crippen LogP contribution in [0, 0.1) is 0 Å². The molecule has 2 aromatic rings. The van der Waals surface area contributed by atoms with E-state index in [1.165, 1.54) is 48.6 Å². The highest BCUT2D eigenvalue weighted by molar-refractivity contribution is 5.87. The molecule has 29 heavy (non-hydrogen) atoms. The van der Waals surface area contributed by atoms with Gasteiger partial charge in [-0.25, -0.2) is 9.59 Å². The van der Waals surface area contributed by atoms with Crippen molar-refractivity contribution in [1.29, 1.82) is 0 Å². The van der Waals surface area contributed by atoms with Crippen molar-refractivity contribution in [2.24, 2.45) is 0 Å². The lowest BCUT2D eigenvalue weighted by atomic mass is 10.2. The van der Waals surface area contributed by atoms with E-state index in [0.717, 1.165) is 6.08 Å². The number of carbonyl (C=O) groups excluding carboxylic acids is 2. The van der Waals surface area contributed by atoms with Gasteiger partial charge in [0.2, 0.25) is 0 Å². The van der Waals surface area contributed by atoms with Gasteiger partial charge >= 0.3 is 11.9 Å². The van der Waals surface area contributed by atoms with E-state index in [1.807, 2.05) is 0 Å². The number of phenolic OH excluding ortho intramolecular Hbond substituents is 3. The lowest BCUT2D eigenvalue weighted by molar-refractivity contribution is -0.146. The third-order valence-corrected chi connectivity index (χ3v) is 3.55. The number of esters is 2. The number of aromatic hydroxyl groups is 3. The number of hydrogen-bond donors (Lipinski definition) is 4. The summed E-state index contributed by atoms with van der Waals surface area (Å²) in [5.74, 6) is -1.92. The SMILES string of the molecule is O=C(C=Cc1ccc(O)cc1)OCC(O)COC(=O)C=Cc1ccc(O)c(O)c1. The molecule has 1 atom stereocenters. The molecule has 8 heteroatoms. The average Bonchev–Trinajstić information content (AvgIpc) is 2.71. The zero-order valence-electron chi connectivity index (χ0n) is 15.3. The Bertz CT molecular complexity index is 899. The number of benzene rings is 2. The number of aliphatic hydroxyl groups excluding tert-OH is 1. The molecule has 2 rings (SSSR count). The van der Waals surface area contributed by atoms with Crippen LogP contribution in [0.3, 0.4) is 0 Å². The smallest absolute Gasteiger partial charge is 0.330 e. The molecule has 0 radical (unpaired) electrons. The van der Waals surface area contributed by atoms with E-state index in [1.54, 1.807) is 12.1 Å². The Morgan fingerprint density at radius 2 is 1.31 bits per heavy atom. The summed E-state index contributed by atoms with van der Waals surface area (Å²) in [6.07, 6.45) is 3.91. The van der Waals surface area contributed by atoms with Crippen molar-refractivity contribution < 1.29 is 39.5 Å². The van der Waals surface area contributed by atoms with Crippen molar-refractivity contribution in [1.82, 2.24) is 0 Å². The highest BCUT2D eigenvalue weighted by Crippen LogP contribution is 2.25. The summed E-state index contributed by atoms with van der Waals surface area (Å²) in [7, 11) is 0. The maximum atomic E-state index is 11.6. The molecule has 8 nitrogen and oxygen atoms in total. The van der Waals surface area contributed by atoms with Crippen molar-refractivity contribution in [3.8, 4) is 17.2 Å². The number of ether oxygens (including phenoxy) is 2. The largest absolute Gasteiger partial charge is 0.508 e. The fourth-order valence-electron chi connectivity index (χ4n) is 2.06. The van der Waals surface area contributed by atoms with Crippen molar-refractivity contribution in [3.05, 3.63) is 65.7 Å². The molecule has 1 unspecified atom stereocenters. The van der Waals surface area contributed by atoms with E-state index in [4.69, 9.17) is 9.47 Å². The first-order valence-corrected chi connectivity index (χ1v) is 8.52. The van der Waals surface area contributed by atoms with E-state index in [9.17, 15) is 30.0 Å². The maximum Gasteiger partial charge on any atom is 0.330 e. The summed E-state index contributed by atoms with van der Waals surface area (Å²) in [6, 6.07) is 10.2. The van der Waals surface area contributed by atoms with E-state index in [-0.39, 0.29) is 30.5 Å². The highest BCUT2D eigenvalue weighted by Gasteiger charge is 2.10. The molecule has 0 aliphatic heterocycles. The summed E-state index contributed by atoms with van der Waals surface area (Å²) in [6.45, 7) is -0.736. The molecule has 0 aliphatic rings. The second-order valence-electron chi connectivity index (χ2n) is 5.92. The summed E-state index contributed by atoms with van der Waals surface area (Å²) in [5, 5.41) is 37.5. The van der Waals surface area contributed by atoms with Gasteiger partial charge < -0.3 is 29.9 Å².